The molecule has 0 amide bonds. The Labute approximate surface area is 178 Å². The molecule has 6 rings (SSSR count). The summed E-state index contributed by atoms with van der Waals surface area (Å²) in [6.45, 7) is 2.73. The van der Waals surface area contributed by atoms with Gasteiger partial charge < -0.3 is 14.2 Å². The molecule has 1 unspecified atom stereocenters. The fraction of sp³-hybridized carbons (Fsp3) is 0.500. The minimum Gasteiger partial charge on any atom is -0.462 e. The summed E-state index contributed by atoms with van der Waals surface area (Å²) < 4.78 is 18.1. The number of para-hydroxylation sites is 1. The maximum Gasteiger partial charge on any atom is 0.308 e. The lowest BCUT2D eigenvalue weighted by atomic mass is 9.61. The Bertz CT molecular complexity index is 878. The molecule has 0 aromatic heterocycles. The summed E-state index contributed by atoms with van der Waals surface area (Å²) in [6.07, 6.45) is 7.29. The third-order valence-electron chi connectivity index (χ3n) is 7.06. The Balaban J connectivity index is 1.25. The molecule has 4 fully saturated rings. The second-order valence-corrected chi connectivity index (χ2v) is 9.47. The van der Waals surface area contributed by atoms with E-state index >= 15 is 0 Å². The van der Waals surface area contributed by atoms with E-state index in [1.807, 2.05) is 43.3 Å². The molecule has 0 N–H and O–H groups in total. The van der Waals surface area contributed by atoms with Crippen LogP contribution < -0.4 is 4.74 Å². The van der Waals surface area contributed by atoms with Crippen molar-refractivity contribution in [3.05, 3.63) is 60.2 Å². The number of hydrogen-bond donors (Lipinski definition) is 0. The Hall–Kier alpha value is -2.33. The molecule has 0 spiro atoms. The molecule has 2 saturated heterocycles. The van der Waals surface area contributed by atoms with Crippen LogP contribution >= 0.6 is 0 Å². The molecule has 4 aliphatic rings. The molecule has 2 bridgehead atoms. The first-order chi connectivity index (χ1) is 14.6. The van der Waals surface area contributed by atoms with Crippen molar-refractivity contribution >= 4 is 5.97 Å². The van der Waals surface area contributed by atoms with Gasteiger partial charge in [0.05, 0.1) is 18.1 Å². The van der Waals surface area contributed by atoms with Gasteiger partial charge in [-0.25, -0.2) is 0 Å². The third-order valence-corrected chi connectivity index (χ3v) is 7.06. The molecule has 158 valence electrons. The van der Waals surface area contributed by atoms with E-state index in [1.54, 1.807) is 0 Å². The molecular weight excluding hydrogens is 376 g/mol. The van der Waals surface area contributed by atoms with Crippen molar-refractivity contribution in [3.63, 3.8) is 0 Å². The molecule has 4 nitrogen and oxygen atoms in total. The minimum absolute atomic E-state index is 0.0277. The normalized spacial score (nSPS) is 28.7. The van der Waals surface area contributed by atoms with E-state index in [9.17, 15) is 4.79 Å². The van der Waals surface area contributed by atoms with Crippen molar-refractivity contribution in [2.24, 2.45) is 11.3 Å². The molecule has 4 heteroatoms. The van der Waals surface area contributed by atoms with Gasteiger partial charge in [0.2, 0.25) is 0 Å². The Kier molecular flexibility index (Phi) is 5.06. The van der Waals surface area contributed by atoms with Crippen LogP contribution in [-0.4, -0.2) is 18.7 Å². The number of hydrogen-bond acceptors (Lipinski definition) is 4. The van der Waals surface area contributed by atoms with Crippen LogP contribution in [0.2, 0.25) is 0 Å². The van der Waals surface area contributed by atoms with Crippen LogP contribution in [0.1, 0.15) is 57.4 Å². The summed E-state index contributed by atoms with van der Waals surface area (Å²) in [4.78, 5) is 12.3. The monoisotopic (exact) mass is 406 g/mol. The van der Waals surface area contributed by atoms with Crippen molar-refractivity contribution in [2.75, 3.05) is 6.61 Å². The lowest BCUT2D eigenvalue weighted by molar-refractivity contribution is -0.196. The van der Waals surface area contributed by atoms with E-state index < -0.39 is 0 Å². The Morgan fingerprint density at radius 3 is 2.43 bits per heavy atom. The van der Waals surface area contributed by atoms with Crippen LogP contribution in [0, 0.1) is 11.3 Å². The van der Waals surface area contributed by atoms with Crippen LogP contribution in [0.5, 0.6) is 11.5 Å². The molecule has 2 aliphatic heterocycles. The van der Waals surface area contributed by atoms with Crippen molar-refractivity contribution in [3.8, 4) is 11.5 Å². The first-order valence-electron chi connectivity index (χ1n) is 11.2. The van der Waals surface area contributed by atoms with Gasteiger partial charge in [0.1, 0.15) is 17.6 Å². The van der Waals surface area contributed by atoms with Gasteiger partial charge in [-0.05, 0) is 80.2 Å². The highest BCUT2D eigenvalue weighted by Crippen LogP contribution is 2.56. The summed E-state index contributed by atoms with van der Waals surface area (Å²) in [6, 6.07) is 18.2. The van der Waals surface area contributed by atoms with E-state index in [0.29, 0.717) is 0 Å². The molecule has 30 heavy (non-hydrogen) atoms. The number of benzene rings is 2. The zero-order valence-corrected chi connectivity index (χ0v) is 17.6. The number of esters is 1. The molecule has 1 atom stereocenters. The van der Waals surface area contributed by atoms with Gasteiger partial charge in [-0.1, -0.05) is 37.3 Å². The standard InChI is InChI=1S/C26H30O4/c1-19(24(27)30-22-10-11-22)17-25-12-14-26(15-13-25,28-18-25)20-6-5-9-23(16-20)29-21-7-3-2-4-8-21/h2-9,16,19,22H,10-15,17-18H2,1H3. The van der Waals surface area contributed by atoms with Crippen molar-refractivity contribution < 1.29 is 19.0 Å². The van der Waals surface area contributed by atoms with Gasteiger partial charge in [-0.3, -0.25) is 4.79 Å². The second kappa shape index (κ2) is 7.73. The van der Waals surface area contributed by atoms with Gasteiger partial charge in [-0.2, -0.15) is 0 Å². The SMILES string of the molecule is CC(CC12CCC(c3cccc(Oc4ccccc4)c3)(CC1)OC2)C(=O)OC1CC1. The highest BCUT2D eigenvalue weighted by Gasteiger charge is 2.51. The largest absolute Gasteiger partial charge is 0.462 e. The van der Waals surface area contributed by atoms with Gasteiger partial charge >= 0.3 is 5.97 Å². The zero-order valence-electron chi connectivity index (χ0n) is 17.6. The number of ether oxygens (including phenoxy) is 3. The average molecular weight is 407 g/mol. The van der Waals surface area contributed by atoms with Crippen molar-refractivity contribution in [2.45, 2.75) is 63.6 Å². The van der Waals surface area contributed by atoms with Gasteiger partial charge in [-0.15, -0.1) is 0 Å². The topological polar surface area (TPSA) is 44.8 Å². The number of fused-ring (bicyclic) bond motifs is 3. The van der Waals surface area contributed by atoms with E-state index in [-0.39, 0.29) is 29.0 Å². The van der Waals surface area contributed by atoms with Crippen LogP contribution in [0.15, 0.2) is 54.6 Å². The molecule has 2 aromatic rings. The molecule has 0 radical (unpaired) electrons. The first-order valence-corrected chi connectivity index (χ1v) is 11.2. The molecule has 2 aromatic carbocycles. The summed E-state index contributed by atoms with van der Waals surface area (Å²) in [5.41, 5.74) is 1.09. The van der Waals surface area contributed by atoms with Gasteiger partial charge in [0.15, 0.2) is 0 Å². The number of carbonyl (C=O) groups is 1. The number of carbonyl (C=O) groups excluding carboxylic acids is 1. The van der Waals surface area contributed by atoms with Crippen LogP contribution in [-0.2, 0) is 19.9 Å². The van der Waals surface area contributed by atoms with Crippen molar-refractivity contribution in [1.29, 1.82) is 0 Å². The predicted octanol–water partition coefficient (Wildman–Crippen LogP) is 6.00. The third kappa shape index (κ3) is 3.98. The van der Waals surface area contributed by atoms with Crippen LogP contribution in [0.4, 0.5) is 0 Å². The lowest BCUT2D eigenvalue weighted by Crippen LogP contribution is -2.50. The van der Waals surface area contributed by atoms with E-state index in [2.05, 4.69) is 18.2 Å². The van der Waals surface area contributed by atoms with E-state index in [4.69, 9.17) is 14.2 Å². The smallest absolute Gasteiger partial charge is 0.308 e. The van der Waals surface area contributed by atoms with Gasteiger partial charge in [0.25, 0.3) is 0 Å². The molecule has 2 heterocycles. The van der Waals surface area contributed by atoms with Crippen molar-refractivity contribution in [1.82, 2.24) is 0 Å². The van der Waals surface area contributed by atoms with E-state index in [0.717, 1.165) is 63.1 Å². The Morgan fingerprint density at radius 1 is 1.03 bits per heavy atom. The molecule has 2 aliphatic carbocycles. The Morgan fingerprint density at radius 2 is 1.77 bits per heavy atom. The van der Waals surface area contributed by atoms with Gasteiger partial charge in [0, 0.05) is 0 Å². The summed E-state index contributed by atoms with van der Waals surface area (Å²) in [5, 5.41) is 0. The molecule has 2 saturated carbocycles. The fourth-order valence-electron chi connectivity index (χ4n) is 5.07. The number of rotatable bonds is 7. The van der Waals surface area contributed by atoms with Crippen LogP contribution in [0.25, 0.3) is 0 Å². The minimum atomic E-state index is -0.227. The van der Waals surface area contributed by atoms with Crippen LogP contribution in [0.3, 0.4) is 0 Å². The maximum absolute atomic E-state index is 12.3. The quantitative estimate of drug-likeness (QED) is 0.529. The fourth-order valence-corrected chi connectivity index (χ4v) is 5.07. The predicted molar refractivity (Wildman–Crippen MR) is 114 cm³/mol. The summed E-state index contributed by atoms with van der Waals surface area (Å²) >= 11 is 0. The summed E-state index contributed by atoms with van der Waals surface area (Å²) in [7, 11) is 0. The molecular formula is C26H30O4. The lowest BCUT2D eigenvalue weighted by Gasteiger charge is -2.54. The average Bonchev–Trinajstić information content (AvgIpc) is 3.60. The first kappa shape index (κ1) is 19.6. The maximum atomic E-state index is 12.3. The highest BCUT2D eigenvalue weighted by molar-refractivity contribution is 5.72. The summed E-state index contributed by atoms with van der Waals surface area (Å²) in [5.74, 6) is 1.60. The second-order valence-electron chi connectivity index (χ2n) is 9.47. The highest BCUT2D eigenvalue weighted by atomic mass is 16.5. The van der Waals surface area contributed by atoms with E-state index in [1.165, 1.54) is 5.56 Å². The zero-order chi connectivity index (χ0) is 20.6.